The number of benzene rings is 1. The summed E-state index contributed by atoms with van der Waals surface area (Å²) in [5.74, 6) is 0.935. The number of nitrogens with one attached hydrogen (secondary N) is 3. The Morgan fingerprint density at radius 2 is 2.26 bits per heavy atom. The van der Waals surface area contributed by atoms with E-state index in [1.165, 1.54) is 0 Å². The molecule has 3 heterocycles. The molecule has 1 atom stereocenters. The van der Waals surface area contributed by atoms with Crippen molar-refractivity contribution in [3.05, 3.63) is 29.5 Å². The standard InChI is InChI=1S/C17H22N8O2/c1-19-15-14(21-17(22-15)25-6-2-3-11(18)9-25)16(26)20-8-10-4-5-12-13(7-10)24-27-23-12/h4-5,7,11,19H,2-3,6,8-9,18H2,1H3,(H,20,26)(H,21,22). The molecule has 27 heavy (non-hydrogen) atoms. The van der Waals surface area contributed by atoms with Crippen molar-refractivity contribution in [3.63, 3.8) is 0 Å². The molecule has 1 saturated heterocycles. The average Bonchev–Trinajstić information content (AvgIpc) is 3.32. The Labute approximate surface area is 155 Å². The molecule has 1 amide bonds. The van der Waals surface area contributed by atoms with Crippen LogP contribution in [0.15, 0.2) is 22.8 Å². The van der Waals surface area contributed by atoms with Crippen LogP contribution in [0.4, 0.5) is 11.8 Å². The number of amides is 1. The predicted octanol–water partition coefficient (Wildman–Crippen LogP) is 0.845. The minimum Gasteiger partial charge on any atom is -0.371 e. The molecule has 1 aromatic carbocycles. The van der Waals surface area contributed by atoms with E-state index in [-0.39, 0.29) is 11.9 Å². The smallest absolute Gasteiger partial charge is 0.271 e. The Kier molecular flexibility index (Phi) is 4.63. The molecule has 10 heteroatoms. The molecular weight excluding hydrogens is 348 g/mol. The predicted molar refractivity (Wildman–Crippen MR) is 101 cm³/mol. The lowest BCUT2D eigenvalue weighted by molar-refractivity contribution is 0.0947. The van der Waals surface area contributed by atoms with Gasteiger partial charge in [0.05, 0.1) is 0 Å². The molecule has 3 aromatic rings. The quantitative estimate of drug-likeness (QED) is 0.518. The molecule has 1 fully saturated rings. The van der Waals surface area contributed by atoms with Crippen LogP contribution >= 0.6 is 0 Å². The van der Waals surface area contributed by atoms with Crippen LogP contribution < -0.4 is 21.3 Å². The lowest BCUT2D eigenvalue weighted by atomic mass is 10.1. The van der Waals surface area contributed by atoms with Gasteiger partial charge in [0, 0.05) is 32.7 Å². The van der Waals surface area contributed by atoms with Crippen molar-refractivity contribution < 1.29 is 9.42 Å². The van der Waals surface area contributed by atoms with Crippen LogP contribution in [0.5, 0.6) is 0 Å². The van der Waals surface area contributed by atoms with E-state index in [4.69, 9.17) is 10.4 Å². The van der Waals surface area contributed by atoms with E-state index in [9.17, 15) is 4.79 Å². The second-order valence-electron chi connectivity index (χ2n) is 6.65. The largest absolute Gasteiger partial charge is 0.371 e. The van der Waals surface area contributed by atoms with Gasteiger partial charge in [-0.05, 0) is 40.9 Å². The fourth-order valence-corrected chi connectivity index (χ4v) is 3.27. The number of aromatic amines is 1. The monoisotopic (exact) mass is 370 g/mol. The Balaban J connectivity index is 1.47. The molecule has 0 radical (unpaired) electrons. The molecule has 142 valence electrons. The summed E-state index contributed by atoms with van der Waals surface area (Å²) in [6.07, 6.45) is 2.02. The summed E-state index contributed by atoms with van der Waals surface area (Å²) in [5, 5.41) is 13.5. The molecule has 1 aliphatic heterocycles. The number of H-pyrrole nitrogens is 1. The first-order chi connectivity index (χ1) is 13.1. The van der Waals surface area contributed by atoms with E-state index in [2.05, 4.69) is 35.8 Å². The number of aromatic nitrogens is 4. The van der Waals surface area contributed by atoms with E-state index in [0.29, 0.717) is 35.0 Å². The van der Waals surface area contributed by atoms with Gasteiger partial charge in [0.25, 0.3) is 5.91 Å². The topological polar surface area (TPSA) is 138 Å². The van der Waals surface area contributed by atoms with Crippen molar-refractivity contribution >= 4 is 28.7 Å². The van der Waals surface area contributed by atoms with E-state index < -0.39 is 0 Å². The van der Waals surface area contributed by atoms with Gasteiger partial charge in [0.1, 0.15) is 16.7 Å². The van der Waals surface area contributed by atoms with Crippen molar-refractivity contribution in [2.75, 3.05) is 30.4 Å². The number of fused-ring (bicyclic) bond motifs is 1. The number of piperidine rings is 1. The zero-order valence-electron chi connectivity index (χ0n) is 15.0. The molecule has 0 spiro atoms. The summed E-state index contributed by atoms with van der Waals surface area (Å²) in [6.45, 7) is 1.95. The maximum atomic E-state index is 12.7. The third kappa shape index (κ3) is 3.56. The lowest BCUT2D eigenvalue weighted by Crippen LogP contribution is -2.43. The first kappa shape index (κ1) is 17.3. The molecule has 1 aliphatic rings. The minimum absolute atomic E-state index is 0.125. The molecule has 0 aliphatic carbocycles. The number of hydrogen-bond acceptors (Lipinski definition) is 8. The maximum absolute atomic E-state index is 12.7. The Morgan fingerprint density at radius 1 is 1.41 bits per heavy atom. The highest BCUT2D eigenvalue weighted by molar-refractivity contribution is 5.97. The van der Waals surface area contributed by atoms with Crippen LogP contribution in [0.3, 0.4) is 0 Å². The van der Waals surface area contributed by atoms with Gasteiger partial charge in [-0.3, -0.25) is 4.79 Å². The first-order valence-electron chi connectivity index (χ1n) is 8.91. The average molecular weight is 370 g/mol. The number of nitrogens with zero attached hydrogens (tertiary/aromatic N) is 4. The van der Waals surface area contributed by atoms with Gasteiger partial charge in [-0.25, -0.2) is 4.63 Å². The number of hydrogen-bond donors (Lipinski definition) is 4. The van der Waals surface area contributed by atoms with Crippen LogP contribution in [0, 0.1) is 0 Å². The third-order valence-electron chi connectivity index (χ3n) is 4.68. The molecule has 2 aromatic heterocycles. The summed E-state index contributed by atoms with van der Waals surface area (Å²) in [7, 11) is 1.74. The molecule has 4 rings (SSSR count). The van der Waals surface area contributed by atoms with Crippen molar-refractivity contribution in [2.24, 2.45) is 5.73 Å². The fourth-order valence-electron chi connectivity index (χ4n) is 3.27. The molecule has 5 N–H and O–H groups in total. The van der Waals surface area contributed by atoms with Gasteiger partial charge >= 0.3 is 0 Å². The summed E-state index contributed by atoms with van der Waals surface area (Å²) < 4.78 is 4.69. The van der Waals surface area contributed by atoms with Gasteiger partial charge in [0.2, 0.25) is 5.95 Å². The van der Waals surface area contributed by atoms with E-state index in [0.717, 1.165) is 31.5 Å². The summed E-state index contributed by atoms with van der Waals surface area (Å²) in [5.41, 5.74) is 8.69. The molecule has 10 nitrogen and oxygen atoms in total. The van der Waals surface area contributed by atoms with Gasteiger partial charge in [0.15, 0.2) is 5.82 Å². The van der Waals surface area contributed by atoms with Crippen LogP contribution in [0.25, 0.3) is 11.0 Å². The van der Waals surface area contributed by atoms with E-state index in [1.807, 2.05) is 12.1 Å². The van der Waals surface area contributed by atoms with Crippen molar-refractivity contribution in [2.45, 2.75) is 25.4 Å². The second kappa shape index (κ2) is 7.23. The maximum Gasteiger partial charge on any atom is 0.271 e. The van der Waals surface area contributed by atoms with Gasteiger partial charge in [-0.15, -0.1) is 0 Å². The van der Waals surface area contributed by atoms with E-state index in [1.54, 1.807) is 13.1 Å². The highest BCUT2D eigenvalue weighted by Crippen LogP contribution is 2.21. The van der Waals surface area contributed by atoms with Gasteiger partial charge in [-0.1, -0.05) is 6.07 Å². The van der Waals surface area contributed by atoms with Crippen LogP contribution in [0.1, 0.15) is 28.9 Å². The van der Waals surface area contributed by atoms with Gasteiger partial charge in [-0.2, -0.15) is 4.98 Å². The zero-order chi connectivity index (χ0) is 18.8. The highest BCUT2D eigenvalue weighted by Gasteiger charge is 2.23. The fraction of sp³-hybridized carbons (Fsp3) is 0.412. The minimum atomic E-state index is -0.238. The summed E-state index contributed by atoms with van der Waals surface area (Å²) >= 11 is 0. The number of carbonyl (C=O) groups is 1. The molecular formula is C17H22N8O2. The lowest BCUT2D eigenvalue weighted by Gasteiger charge is -2.30. The Morgan fingerprint density at radius 3 is 3.07 bits per heavy atom. The Bertz CT molecular complexity index is 949. The van der Waals surface area contributed by atoms with Crippen LogP contribution in [-0.2, 0) is 6.54 Å². The number of carbonyl (C=O) groups excluding carboxylic acids is 1. The summed E-state index contributed by atoms with van der Waals surface area (Å²) in [6, 6.07) is 5.64. The highest BCUT2D eigenvalue weighted by atomic mass is 16.6. The first-order valence-corrected chi connectivity index (χ1v) is 8.91. The number of nitrogens with two attached hydrogens (primary N) is 1. The molecule has 0 saturated carbocycles. The van der Waals surface area contributed by atoms with Crippen LogP contribution in [0.2, 0.25) is 0 Å². The Hall–Kier alpha value is -3.14. The molecule has 1 unspecified atom stereocenters. The zero-order valence-corrected chi connectivity index (χ0v) is 15.0. The van der Waals surface area contributed by atoms with E-state index >= 15 is 0 Å². The SMILES string of the molecule is CNc1nc(N2CCCC(N)C2)[nH]c1C(=O)NCc1ccc2nonc2c1. The van der Waals surface area contributed by atoms with Crippen LogP contribution in [-0.4, -0.2) is 52.4 Å². The van der Waals surface area contributed by atoms with Crippen molar-refractivity contribution in [3.8, 4) is 0 Å². The molecule has 0 bridgehead atoms. The summed E-state index contributed by atoms with van der Waals surface area (Å²) in [4.78, 5) is 22.4. The number of rotatable bonds is 5. The van der Waals surface area contributed by atoms with Crippen molar-refractivity contribution in [1.29, 1.82) is 0 Å². The normalized spacial score (nSPS) is 17.3. The van der Waals surface area contributed by atoms with Crippen molar-refractivity contribution in [1.82, 2.24) is 25.6 Å². The number of anilines is 2. The third-order valence-corrected chi connectivity index (χ3v) is 4.68. The van der Waals surface area contributed by atoms with Gasteiger partial charge < -0.3 is 26.3 Å². The number of imidazole rings is 1. The second-order valence-corrected chi connectivity index (χ2v) is 6.65.